The van der Waals surface area contributed by atoms with Gasteiger partial charge in [-0.15, -0.1) is 0 Å². The van der Waals surface area contributed by atoms with E-state index in [9.17, 15) is 9.59 Å². The van der Waals surface area contributed by atoms with Gasteiger partial charge in [0.25, 0.3) is 0 Å². The van der Waals surface area contributed by atoms with Crippen LogP contribution < -0.4 is 10.6 Å². The van der Waals surface area contributed by atoms with E-state index in [2.05, 4.69) is 40.4 Å². The van der Waals surface area contributed by atoms with Crippen LogP contribution in [0.5, 0.6) is 0 Å². The van der Waals surface area contributed by atoms with E-state index in [1.54, 1.807) is 6.20 Å². The van der Waals surface area contributed by atoms with Crippen molar-refractivity contribution in [1.82, 2.24) is 20.5 Å². The van der Waals surface area contributed by atoms with Gasteiger partial charge in [0.15, 0.2) is 0 Å². The van der Waals surface area contributed by atoms with Crippen LogP contribution in [0, 0.1) is 11.3 Å². The second kappa shape index (κ2) is 12.5. The van der Waals surface area contributed by atoms with Crippen LogP contribution >= 0.6 is 0 Å². The first-order valence-corrected chi connectivity index (χ1v) is 12.7. The highest BCUT2D eigenvalue weighted by Crippen LogP contribution is 2.38. The number of ether oxygens (including phenoxy) is 1. The molecule has 0 aliphatic carbocycles. The average molecular weight is 459 g/mol. The number of nitrogens with zero attached hydrogens (tertiary/aromatic N) is 2. The number of rotatable bonds is 4. The zero-order valence-electron chi connectivity index (χ0n) is 20.6. The number of likely N-dealkylation sites (tertiary alicyclic amines) is 1. The molecule has 2 saturated heterocycles. The van der Waals surface area contributed by atoms with E-state index in [4.69, 9.17) is 4.74 Å². The van der Waals surface area contributed by atoms with Gasteiger partial charge in [-0.25, -0.2) is 0 Å². The molecule has 2 fully saturated rings. The van der Waals surface area contributed by atoms with Crippen LogP contribution in [-0.2, 0) is 20.9 Å². The second-order valence-corrected chi connectivity index (χ2v) is 10.4. The molecule has 184 valence electrons. The minimum atomic E-state index is -0.506. The molecule has 2 aliphatic rings. The first kappa shape index (κ1) is 25.6. The molecule has 2 aliphatic heterocycles. The maximum Gasteiger partial charge on any atom is 0.242 e. The Kier molecular flexibility index (Phi) is 9.68. The molecule has 1 aromatic heterocycles. The largest absolute Gasteiger partial charge is 0.379 e. The number of aromatic nitrogens is 1. The molecule has 1 aromatic rings. The Bertz CT molecular complexity index is 747. The Labute approximate surface area is 199 Å². The van der Waals surface area contributed by atoms with Gasteiger partial charge in [-0.1, -0.05) is 32.8 Å². The fraction of sp³-hybridized carbons (Fsp3) is 0.731. The van der Waals surface area contributed by atoms with E-state index in [-0.39, 0.29) is 17.9 Å². The van der Waals surface area contributed by atoms with E-state index in [1.807, 2.05) is 19.2 Å². The normalized spacial score (nSPS) is 25.9. The van der Waals surface area contributed by atoms with E-state index in [0.29, 0.717) is 25.6 Å². The van der Waals surface area contributed by atoms with Crippen molar-refractivity contribution >= 4 is 11.8 Å². The van der Waals surface area contributed by atoms with Crippen LogP contribution in [0.2, 0.25) is 0 Å². The lowest BCUT2D eigenvalue weighted by Gasteiger charge is -2.41. The van der Waals surface area contributed by atoms with Gasteiger partial charge in [0, 0.05) is 31.6 Å². The minimum absolute atomic E-state index is 0.0605. The lowest BCUT2D eigenvalue weighted by Crippen LogP contribution is -2.56. The number of carbonyl (C=O) groups excluding carboxylic acids is 2. The summed E-state index contributed by atoms with van der Waals surface area (Å²) in [6, 6.07) is 3.49. The highest BCUT2D eigenvalue weighted by atomic mass is 16.5. The number of piperidine rings is 1. The summed E-state index contributed by atoms with van der Waals surface area (Å²) in [5, 5.41) is 6.22. The van der Waals surface area contributed by atoms with Gasteiger partial charge in [-0.05, 0) is 69.7 Å². The minimum Gasteiger partial charge on any atom is -0.379 e. The Morgan fingerprint density at radius 2 is 1.94 bits per heavy atom. The third-order valence-corrected chi connectivity index (χ3v) is 6.95. The van der Waals surface area contributed by atoms with Crippen molar-refractivity contribution in [3.63, 3.8) is 0 Å². The molecule has 7 heteroatoms. The molecule has 2 N–H and O–H groups in total. The monoisotopic (exact) mass is 458 g/mol. The summed E-state index contributed by atoms with van der Waals surface area (Å²) < 4.78 is 5.77. The molecule has 1 spiro atoms. The quantitative estimate of drug-likeness (QED) is 0.723. The molecule has 0 aromatic carbocycles. The zero-order chi connectivity index (χ0) is 23.7. The third kappa shape index (κ3) is 7.78. The van der Waals surface area contributed by atoms with Crippen LogP contribution in [0.1, 0.15) is 71.3 Å². The van der Waals surface area contributed by atoms with Gasteiger partial charge in [0.1, 0.15) is 6.04 Å². The van der Waals surface area contributed by atoms with Gasteiger partial charge in [0.2, 0.25) is 11.8 Å². The van der Waals surface area contributed by atoms with Crippen molar-refractivity contribution in [2.75, 3.05) is 26.3 Å². The average Bonchev–Trinajstić information content (AvgIpc) is 2.79. The van der Waals surface area contributed by atoms with Crippen molar-refractivity contribution in [3.05, 3.63) is 30.1 Å². The van der Waals surface area contributed by atoms with E-state index >= 15 is 0 Å². The molecule has 0 bridgehead atoms. The van der Waals surface area contributed by atoms with Crippen molar-refractivity contribution in [2.45, 2.75) is 84.3 Å². The van der Waals surface area contributed by atoms with Crippen LogP contribution in [0.3, 0.4) is 0 Å². The Morgan fingerprint density at radius 1 is 1.15 bits per heavy atom. The smallest absolute Gasteiger partial charge is 0.242 e. The first-order valence-electron chi connectivity index (χ1n) is 12.7. The summed E-state index contributed by atoms with van der Waals surface area (Å²) in [5.41, 5.74) is 0.795. The Balaban J connectivity index is 1.71. The fourth-order valence-corrected chi connectivity index (χ4v) is 4.98. The van der Waals surface area contributed by atoms with Crippen molar-refractivity contribution in [3.8, 4) is 0 Å². The number of hydrogen-bond donors (Lipinski definition) is 2. The van der Waals surface area contributed by atoms with Gasteiger partial charge in [-0.2, -0.15) is 0 Å². The van der Waals surface area contributed by atoms with Crippen LogP contribution in [-0.4, -0.2) is 60.1 Å². The van der Waals surface area contributed by atoms with Gasteiger partial charge in [-0.3, -0.25) is 19.5 Å². The molecular weight excluding hydrogens is 416 g/mol. The SMILES string of the molecule is CC(C)C[C@@H]1NC(=O)C2(CCCCCOC[C@@H](C)NC1=O)CCN(Cc1cccnc1)CC2. The molecule has 0 saturated carbocycles. The van der Waals surface area contributed by atoms with E-state index < -0.39 is 11.5 Å². The number of carbonyl (C=O) groups is 2. The molecule has 0 unspecified atom stereocenters. The molecule has 0 radical (unpaired) electrons. The molecule has 7 nitrogen and oxygen atoms in total. The highest BCUT2D eigenvalue weighted by molar-refractivity contribution is 5.90. The molecule has 3 rings (SSSR count). The summed E-state index contributed by atoms with van der Waals surface area (Å²) in [7, 11) is 0. The number of nitrogens with one attached hydrogen (secondary N) is 2. The Morgan fingerprint density at radius 3 is 2.64 bits per heavy atom. The maximum absolute atomic E-state index is 13.7. The van der Waals surface area contributed by atoms with Crippen LogP contribution in [0.25, 0.3) is 0 Å². The van der Waals surface area contributed by atoms with E-state index in [0.717, 1.165) is 58.2 Å². The summed E-state index contributed by atoms with van der Waals surface area (Å²) in [4.78, 5) is 33.3. The topological polar surface area (TPSA) is 83.6 Å². The van der Waals surface area contributed by atoms with E-state index in [1.165, 1.54) is 5.56 Å². The van der Waals surface area contributed by atoms with Crippen LogP contribution in [0.15, 0.2) is 24.5 Å². The predicted octanol–water partition coefficient (Wildman–Crippen LogP) is 3.29. The van der Waals surface area contributed by atoms with Crippen molar-refractivity contribution in [1.29, 1.82) is 0 Å². The second-order valence-electron chi connectivity index (χ2n) is 10.4. The zero-order valence-corrected chi connectivity index (χ0v) is 20.6. The van der Waals surface area contributed by atoms with Crippen molar-refractivity contribution in [2.24, 2.45) is 11.3 Å². The lowest BCUT2D eigenvalue weighted by molar-refractivity contribution is -0.139. The predicted molar refractivity (Wildman–Crippen MR) is 129 cm³/mol. The molecule has 3 heterocycles. The molecular formula is C26H42N4O3. The van der Waals surface area contributed by atoms with Gasteiger partial charge >= 0.3 is 0 Å². The number of amides is 2. The maximum atomic E-state index is 13.7. The summed E-state index contributed by atoms with van der Waals surface area (Å²) in [6.45, 7) is 9.95. The standard InChI is InChI=1S/C26H42N4O3/c1-20(2)16-23-24(31)28-21(3)19-33-15-6-4-5-9-26(25(32)29-23)10-13-30(14-11-26)18-22-8-7-12-27-17-22/h7-8,12,17,20-21,23H,4-6,9-11,13-16,18-19H2,1-3H3,(H,28,31)(H,29,32)/t21-,23+/m1/s1. The molecule has 2 amide bonds. The molecule has 33 heavy (non-hydrogen) atoms. The van der Waals surface area contributed by atoms with Gasteiger partial charge in [0.05, 0.1) is 12.0 Å². The van der Waals surface area contributed by atoms with Gasteiger partial charge < -0.3 is 15.4 Å². The highest BCUT2D eigenvalue weighted by Gasteiger charge is 2.42. The summed E-state index contributed by atoms with van der Waals surface area (Å²) >= 11 is 0. The number of hydrogen-bond acceptors (Lipinski definition) is 5. The number of pyridine rings is 1. The Hall–Kier alpha value is -1.99. The van der Waals surface area contributed by atoms with Crippen LogP contribution in [0.4, 0.5) is 0 Å². The summed E-state index contributed by atoms with van der Waals surface area (Å²) in [6.07, 6.45) is 9.91. The lowest BCUT2D eigenvalue weighted by atomic mass is 9.73. The third-order valence-electron chi connectivity index (χ3n) is 6.95. The molecule has 2 atom stereocenters. The fourth-order valence-electron chi connectivity index (χ4n) is 4.98. The first-order chi connectivity index (χ1) is 15.9. The summed E-state index contributed by atoms with van der Waals surface area (Å²) in [5.74, 6) is 0.267. The van der Waals surface area contributed by atoms with Crippen molar-refractivity contribution < 1.29 is 14.3 Å².